The van der Waals surface area contributed by atoms with Crippen LogP contribution in [0.4, 0.5) is 5.69 Å². The van der Waals surface area contributed by atoms with E-state index in [9.17, 15) is 0 Å². The van der Waals surface area contributed by atoms with Crippen LogP contribution in [0.2, 0.25) is 0 Å². The fraction of sp³-hybridized carbons (Fsp3) is 0.429. The summed E-state index contributed by atoms with van der Waals surface area (Å²) in [4.78, 5) is 0. The molecule has 0 aromatic heterocycles. The van der Waals surface area contributed by atoms with Gasteiger partial charge in [-0.05, 0) is 64.8 Å². The lowest BCUT2D eigenvalue weighted by atomic mass is 9.80. The normalized spacial score (nSPS) is 23.8. The highest BCUT2D eigenvalue weighted by Crippen LogP contribution is 2.51. The van der Waals surface area contributed by atoms with E-state index in [1.54, 1.807) is 14.2 Å². The molecule has 1 unspecified atom stereocenters. The molecule has 2 aliphatic rings. The minimum absolute atomic E-state index is 0.161. The minimum Gasteiger partial charge on any atom is -0.493 e. The molecule has 2 aromatic rings. The maximum atomic E-state index is 6.17. The van der Waals surface area contributed by atoms with Gasteiger partial charge in [0.1, 0.15) is 0 Å². The number of fused-ring (bicyclic) bond motifs is 3. The molecule has 0 saturated carbocycles. The zero-order valence-electron chi connectivity index (χ0n) is 15.3. The zero-order valence-corrected chi connectivity index (χ0v) is 17.5. The van der Waals surface area contributed by atoms with Gasteiger partial charge in [-0.25, -0.2) is 0 Å². The lowest BCUT2D eigenvalue weighted by molar-refractivity contribution is 0.0828. The number of ether oxygens (including phenoxy) is 3. The molecule has 1 N–H and O–H groups in total. The Morgan fingerprint density at radius 2 is 2.04 bits per heavy atom. The first-order valence-electron chi connectivity index (χ1n) is 9.08. The summed E-state index contributed by atoms with van der Waals surface area (Å²) in [6.45, 7) is 3.01. The monoisotopic (exact) mass is 465 g/mol. The number of aryl methyl sites for hydroxylation is 1. The SMILES string of the molecule is CCc1ccc2c(c1)[C@H]1OCC[C@H]1C(c1cc(I)c(OC)c(OC)c1)N2. The van der Waals surface area contributed by atoms with E-state index in [1.807, 2.05) is 0 Å². The molecule has 0 radical (unpaired) electrons. The Kier molecular flexibility index (Phi) is 5.01. The molecule has 5 heteroatoms. The predicted octanol–water partition coefficient (Wildman–Crippen LogP) is 5.12. The second-order valence-electron chi connectivity index (χ2n) is 6.88. The summed E-state index contributed by atoms with van der Waals surface area (Å²) in [5, 5.41) is 3.77. The molecule has 2 aromatic carbocycles. The Bertz CT molecular complexity index is 823. The lowest BCUT2D eigenvalue weighted by Gasteiger charge is -2.37. The molecule has 3 atom stereocenters. The predicted molar refractivity (Wildman–Crippen MR) is 111 cm³/mol. The Morgan fingerprint density at radius 1 is 1.19 bits per heavy atom. The summed E-state index contributed by atoms with van der Waals surface area (Å²) in [6.07, 6.45) is 2.26. The summed E-state index contributed by atoms with van der Waals surface area (Å²) in [5.74, 6) is 1.99. The number of benzene rings is 2. The quantitative estimate of drug-likeness (QED) is 0.637. The lowest BCUT2D eigenvalue weighted by Crippen LogP contribution is -2.29. The van der Waals surface area contributed by atoms with Gasteiger partial charge in [0.25, 0.3) is 0 Å². The molecule has 0 bridgehead atoms. The van der Waals surface area contributed by atoms with Gasteiger partial charge < -0.3 is 19.5 Å². The van der Waals surface area contributed by atoms with Crippen molar-refractivity contribution in [3.8, 4) is 11.5 Å². The van der Waals surface area contributed by atoms with E-state index in [4.69, 9.17) is 14.2 Å². The number of nitrogens with one attached hydrogen (secondary N) is 1. The van der Waals surface area contributed by atoms with E-state index >= 15 is 0 Å². The molecule has 1 fully saturated rings. The largest absolute Gasteiger partial charge is 0.493 e. The van der Waals surface area contributed by atoms with Crippen LogP contribution in [0, 0.1) is 9.49 Å². The number of hydrogen-bond donors (Lipinski definition) is 1. The number of halogens is 1. The fourth-order valence-corrected chi connectivity index (χ4v) is 5.04. The third kappa shape index (κ3) is 2.95. The number of anilines is 1. The van der Waals surface area contributed by atoms with Crippen molar-refractivity contribution >= 4 is 28.3 Å². The highest BCUT2D eigenvalue weighted by Gasteiger charge is 2.41. The smallest absolute Gasteiger partial charge is 0.174 e. The maximum Gasteiger partial charge on any atom is 0.174 e. The first-order chi connectivity index (χ1) is 12.7. The van der Waals surface area contributed by atoms with Crippen LogP contribution in [-0.4, -0.2) is 20.8 Å². The molecular weight excluding hydrogens is 441 g/mol. The van der Waals surface area contributed by atoms with E-state index in [0.29, 0.717) is 5.92 Å². The van der Waals surface area contributed by atoms with E-state index in [1.165, 1.54) is 22.4 Å². The topological polar surface area (TPSA) is 39.7 Å². The van der Waals surface area contributed by atoms with Crippen molar-refractivity contribution in [3.63, 3.8) is 0 Å². The fourth-order valence-electron chi connectivity index (χ4n) is 4.19. The second-order valence-corrected chi connectivity index (χ2v) is 8.04. The van der Waals surface area contributed by atoms with Gasteiger partial charge in [0.2, 0.25) is 0 Å². The molecule has 4 rings (SSSR count). The molecular formula is C21H24INO3. The summed E-state index contributed by atoms with van der Waals surface area (Å²) in [7, 11) is 3.37. The van der Waals surface area contributed by atoms with Crippen molar-refractivity contribution in [1.29, 1.82) is 0 Å². The first-order valence-corrected chi connectivity index (χ1v) is 10.2. The van der Waals surface area contributed by atoms with Gasteiger partial charge in [-0.1, -0.05) is 19.1 Å². The standard InChI is InChI=1S/C21H24INO3/c1-4-12-5-6-17-15(9-12)20-14(7-8-26-20)19(23-17)13-10-16(22)21(25-3)18(11-13)24-2/h5-6,9-11,14,19-20,23H,4,7-8H2,1-3H3/t14-,19?,20-/m0/s1. The Labute approximate surface area is 168 Å². The molecule has 2 heterocycles. The van der Waals surface area contributed by atoms with E-state index < -0.39 is 0 Å². The second kappa shape index (κ2) is 7.27. The van der Waals surface area contributed by atoms with Crippen molar-refractivity contribution in [3.05, 3.63) is 50.6 Å². The maximum absolute atomic E-state index is 6.17. The van der Waals surface area contributed by atoms with Gasteiger partial charge in [0.05, 0.1) is 29.9 Å². The number of methoxy groups -OCH3 is 2. The van der Waals surface area contributed by atoms with Crippen LogP contribution in [0.5, 0.6) is 11.5 Å². The van der Waals surface area contributed by atoms with Crippen molar-refractivity contribution in [2.24, 2.45) is 5.92 Å². The summed E-state index contributed by atoms with van der Waals surface area (Å²) >= 11 is 2.32. The van der Waals surface area contributed by atoms with Crippen LogP contribution in [0.1, 0.15) is 42.2 Å². The highest BCUT2D eigenvalue weighted by molar-refractivity contribution is 14.1. The third-order valence-corrected chi connectivity index (χ3v) is 6.32. The number of hydrogen-bond acceptors (Lipinski definition) is 4. The van der Waals surface area contributed by atoms with Gasteiger partial charge in [-0.15, -0.1) is 0 Å². The first kappa shape index (κ1) is 17.9. The van der Waals surface area contributed by atoms with Crippen LogP contribution in [0.3, 0.4) is 0 Å². The van der Waals surface area contributed by atoms with Gasteiger partial charge >= 0.3 is 0 Å². The molecule has 0 spiro atoms. The molecule has 1 saturated heterocycles. The summed E-state index contributed by atoms with van der Waals surface area (Å²) in [5.41, 5.74) is 5.06. The van der Waals surface area contributed by atoms with E-state index in [2.05, 4.69) is 65.2 Å². The molecule has 2 aliphatic heterocycles. The highest BCUT2D eigenvalue weighted by atomic mass is 127. The van der Waals surface area contributed by atoms with E-state index in [0.717, 1.165) is 34.5 Å². The van der Waals surface area contributed by atoms with Crippen LogP contribution >= 0.6 is 22.6 Å². The third-order valence-electron chi connectivity index (χ3n) is 5.52. The van der Waals surface area contributed by atoms with Gasteiger partial charge in [0, 0.05) is 23.8 Å². The average molecular weight is 465 g/mol. The van der Waals surface area contributed by atoms with Crippen molar-refractivity contribution in [2.75, 3.05) is 26.1 Å². The molecule has 138 valence electrons. The van der Waals surface area contributed by atoms with Crippen molar-refractivity contribution in [1.82, 2.24) is 0 Å². The molecule has 0 amide bonds. The van der Waals surface area contributed by atoms with Crippen molar-refractivity contribution < 1.29 is 14.2 Å². The Balaban J connectivity index is 1.77. The van der Waals surface area contributed by atoms with Gasteiger partial charge in [0.15, 0.2) is 11.5 Å². The zero-order chi connectivity index (χ0) is 18.3. The van der Waals surface area contributed by atoms with Crippen LogP contribution < -0.4 is 14.8 Å². The molecule has 4 nitrogen and oxygen atoms in total. The molecule has 0 aliphatic carbocycles. The van der Waals surface area contributed by atoms with Gasteiger partial charge in [-0.3, -0.25) is 0 Å². The average Bonchev–Trinajstić information content (AvgIpc) is 3.16. The minimum atomic E-state index is 0.161. The Morgan fingerprint density at radius 3 is 2.77 bits per heavy atom. The molecule has 26 heavy (non-hydrogen) atoms. The van der Waals surface area contributed by atoms with Crippen LogP contribution in [-0.2, 0) is 11.2 Å². The summed E-state index contributed by atoms with van der Waals surface area (Å²) in [6, 6.07) is 11.2. The summed E-state index contributed by atoms with van der Waals surface area (Å²) < 4.78 is 18.3. The van der Waals surface area contributed by atoms with E-state index in [-0.39, 0.29) is 12.1 Å². The van der Waals surface area contributed by atoms with Crippen LogP contribution in [0.15, 0.2) is 30.3 Å². The Hall–Kier alpha value is -1.47. The van der Waals surface area contributed by atoms with Gasteiger partial charge in [-0.2, -0.15) is 0 Å². The van der Waals surface area contributed by atoms with Crippen LogP contribution in [0.25, 0.3) is 0 Å². The number of rotatable bonds is 4. The van der Waals surface area contributed by atoms with Crippen molar-refractivity contribution in [2.45, 2.75) is 31.9 Å².